The number of rotatable bonds is 18. The molecule has 0 aromatic rings. The average molecular weight is 563 g/mol. The van der Waals surface area contributed by atoms with Crippen LogP contribution in [0.25, 0.3) is 0 Å². The van der Waals surface area contributed by atoms with Crippen molar-refractivity contribution in [1.82, 2.24) is 0 Å². The molecular weight excluding hydrogens is 558 g/mol. The van der Waals surface area contributed by atoms with Gasteiger partial charge in [0.2, 0.25) is 0 Å². The summed E-state index contributed by atoms with van der Waals surface area (Å²) in [4.78, 5) is 0. The first-order valence-electron chi connectivity index (χ1n) is 8.11. The molecule has 0 aromatic carbocycles. The lowest BCUT2D eigenvalue weighted by Crippen LogP contribution is -1.70. The van der Waals surface area contributed by atoms with Crippen LogP contribution in [0.5, 0.6) is 0 Å². The molecule has 0 radical (unpaired) electrons. The molecule has 40 heavy (non-hydrogen) atoms. The van der Waals surface area contributed by atoms with E-state index in [-0.39, 0.29) is 0 Å². The molecular formula is CH5N39. The molecule has 0 aliphatic heterocycles. The Balaban J connectivity index is 4.02. The molecule has 39 heteroatoms. The maximum Gasteiger partial charge on any atom is 0.0510 e. The summed E-state index contributed by atoms with van der Waals surface area (Å²) >= 11 is 0. The van der Waals surface area contributed by atoms with E-state index in [0.717, 1.165) is 0 Å². The van der Waals surface area contributed by atoms with E-state index in [1.165, 1.54) is 7.05 Å². The third-order valence-corrected chi connectivity index (χ3v) is 1.54. The van der Waals surface area contributed by atoms with Crippen molar-refractivity contribution in [3.05, 3.63) is 0 Å². The van der Waals surface area contributed by atoms with E-state index in [0.29, 0.717) is 0 Å². The van der Waals surface area contributed by atoms with Crippen molar-refractivity contribution >= 4 is 0 Å². The molecule has 0 aromatic heterocycles. The zero-order chi connectivity index (χ0) is 28.9. The van der Waals surface area contributed by atoms with Gasteiger partial charge in [0.15, 0.2) is 0 Å². The van der Waals surface area contributed by atoms with Gasteiger partial charge in [-0.1, -0.05) is 5.22 Å². The van der Waals surface area contributed by atoms with Crippen molar-refractivity contribution < 1.29 is 0 Å². The van der Waals surface area contributed by atoms with E-state index >= 15 is 0 Å². The molecule has 0 fully saturated rings. The van der Waals surface area contributed by atoms with Crippen LogP contribution >= 0.6 is 0 Å². The van der Waals surface area contributed by atoms with Crippen LogP contribution in [-0.4, -0.2) is 7.05 Å². The monoisotopic (exact) mass is 563 g/mol. The molecule has 0 aliphatic rings. The van der Waals surface area contributed by atoms with E-state index < -0.39 is 0 Å². The number of hydrogen-bond donors (Lipinski definition) is 1. The van der Waals surface area contributed by atoms with E-state index in [1.54, 1.807) is 0 Å². The number of hydrogen-bond acceptors (Lipinski definition) is 2. The van der Waals surface area contributed by atoms with Crippen LogP contribution in [0.3, 0.4) is 0 Å². The fraction of sp³-hybridized carbons (Fsp3) is 1.00. The second-order valence-electron chi connectivity index (χ2n) is 3.54. The van der Waals surface area contributed by atoms with Gasteiger partial charge in [-0.05, 0) is 78.3 Å². The predicted molar refractivity (Wildman–Crippen MR) is 102 cm³/mol. The summed E-state index contributed by atoms with van der Waals surface area (Å²) in [7, 11) is 1.38. The van der Waals surface area contributed by atoms with Gasteiger partial charge >= 0.3 is 0 Å². The van der Waals surface area contributed by atoms with Crippen molar-refractivity contribution in [3.63, 3.8) is 0 Å². The largest absolute Gasteiger partial charge is 0.303 e. The summed E-state index contributed by atoms with van der Waals surface area (Å²) in [5.41, 5.74) is 0. The molecule has 204 valence electrons. The molecule has 0 spiro atoms. The molecule has 0 rings (SSSR count). The minimum absolute atomic E-state index is 1.38. The molecule has 0 bridgehead atoms. The zero-order valence-corrected chi connectivity index (χ0v) is 18.6. The van der Waals surface area contributed by atoms with Crippen LogP contribution in [-0.2, 0) is 0 Å². The Hall–Kier alpha value is -7.80. The van der Waals surface area contributed by atoms with Crippen LogP contribution in [0.1, 0.15) is 0 Å². The van der Waals surface area contributed by atoms with Crippen LogP contribution in [0.15, 0.2) is 198 Å². The summed E-state index contributed by atoms with van der Waals surface area (Å²) in [6, 6.07) is 0. The summed E-state index contributed by atoms with van der Waals surface area (Å²) in [6.07, 6.45) is 0. The smallest absolute Gasteiger partial charge is 0.0510 e. The molecule has 0 heterocycles. The molecule has 0 saturated heterocycles. The molecule has 0 aliphatic carbocycles. The lowest BCUT2D eigenvalue weighted by Gasteiger charge is -1.70. The second-order valence-corrected chi connectivity index (χ2v) is 3.54. The van der Waals surface area contributed by atoms with Crippen molar-refractivity contribution in [3.8, 4) is 0 Å². The maximum atomic E-state index is 4.62. The highest BCUT2D eigenvalue weighted by molar-refractivity contribution is 4.16. The molecule has 2 N–H and O–H groups in total. The van der Waals surface area contributed by atoms with Crippen LogP contribution in [0, 0.1) is 0 Å². The third kappa shape index (κ3) is 30.2. The SMILES string of the molecule is CN=NN=NN=NN=NN=NN=NN=NN=NN=NN=NN=NN=NN=NN=NN=NN=NN=NN=NN=NN. The summed E-state index contributed by atoms with van der Waals surface area (Å²) in [6.45, 7) is 0. The minimum Gasteiger partial charge on any atom is -0.303 e. The van der Waals surface area contributed by atoms with E-state index in [1.807, 2.05) is 0 Å². The average Bonchev–Trinajstić information content (AvgIpc) is 2.97. The fourth-order valence-corrected chi connectivity index (χ4v) is 0.671. The highest BCUT2D eigenvalue weighted by Gasteiger charge is 1.73. The van der Waals surface area contributed by atoms with Crippen LogP contribution in [0.4, 0.5) is 0 Å². The Morgan fingerprint density at radius 1 is 0.200 bits per heavy atom. The van der Waals surface area contributed by atoms with Crippen molar-refractivity contribution in [1.29, 1.82) is 0 Å². The lowest BCUT2D eigenvalue weighted by molar-refractivity contribution is 0.727. The van der Waals surface area contributed by atoms with Crippen LogP contribution in [0.2, 0.25) is 0 Å². The summed E-state index contributed by atoms with van der Waals surface area (Å²) in [5, 5.41) is 114. The molecule has 0 unspecified atom stereocenters. The first kappa shape index (κ1) is 32.2. The van der Waals surface area contributed by atoms with Gasteiger partial charge in [0.1, 0.15) is 0 Å². The Morgan fingerprint density at radius 3 is 0.450 bits per heavy atom. The molecule has 0 atom stereocenters. The Bertz CT molecular complexity index is 1090. The van der Waals surface area contributed by atoms with Gasteiger partial charge in [-0.15, -0.1) is 0 Å². The quantitative estimate of drug-likeness (QED) is 0.108. The van der Waals surface area contributed by atoms with E-state index in [4.69, 9.17) is 0 Å². The number of nitrogens with zero attached hydrogens (tertiary/aromatic N) is 38. The Morgan fingerprint density at radius 2 is 0.325 bits per heavy atom. The topological polar surface area (TPSA) is 496 Å². The lowest BCUT2D eigenvalue weighted by atomic mass is 11.6. The van der Waals surface area contributed by atoms with E-state index in [9.17, 15) is 0 Å². The highest BCUT2D eigenvalue weighted by Crippen LogP contribution is 1.92. The van der Waals surface area contributed by atoms with Crippen molar-refractivity contribution in [2.75, 3.05) is 7.05 Å². The third-order valence-electron chi connectivity index (χ3n) is 1.54. The predicted octanol–water partition coefficient (Wildman–Crippen LogP) is 6.55. The normalized spacial score (nSPS) is 15.3. The highest BCUT2D eigenvalue weighted by atomic mass is 15.7. The molecule has 0 saturated carbocycles. The van der Waals surface area contributed by atoms with Gasteiger partial charge in [-0.2, -0.15) is 5.11 Å². The van der Waals surface area contributed by atoms with E-state index in [2.05, 4.69) is 204 Å². The van der Waals surface area contributed by atoms with Crippen molar-refractivity contribution in [2.24, 2.45) is 204 Å². The fourth-order valence-electron chi connectivity index (χ4n) is 0.671. The molecule has 0 amide bonds. The Kier molecular flexibility index (Phi) is 25.1. The first-order chi connectivity index (χ1) is 19.9. The van der Waals surface area contributed by atoms with Gasteiger partial charge in [0.25, 0.3) is 0 Å². The number of nitrogens with two attached hydrogens (primary N) is 1. The van der Waals surface area contributed by atoms with Gasteiger partial charge in [0.05, 0.1) is 7.05 Å². The van der Waals surface area contributed by atoms with Crippen LogP contribution < -0.4 is 5.84 Å². The Labute approximate surface area is 212 Å². The van der Waals surface area contributed by atoms with Crippen molar-refractivity contribution in [2.45, 2.75) is 0 Å². The summed E-state index contributed by atoms with van der Waals surface area (Å²) in [5.74, 6) is 4.62. The first-order valence-corrected chi connectivity index (χ1v) is 8.11. The van der Waals surface area contributed by atoms with Gasteiger partial charge in [0, 0.05) is 110 Å². The molecule has 39 nitrogen and oxygen atoms in total. The summed E-state index contributed by atoms with van der Waals surface area (Å²) < 4.78 is 0. The van der Waals surface area contributed by atoms with Gasteiger partial charge in [-0.25, -0.2) is 0 Å². The van der Waals surface area contributed by atoms with Gasteiger partial charge < -0.3 is 5.84 Å². The maximum absolute atomic E-state index is 4.62. The zero-order valence-electron chi connectivity index (χ0n) is 18.6. The minimum atomic E-state index is 1.38. The van der Waals surface area contributed by atoms with Gasteiger partial charge in [-0.3, -0.25) is 0 Å². The second kappa shape index (κ2) is 31.2. The standard InChI is InChI=1S/CH5N39/c1-3-5-7-9-11-13-15-17-19-21-23-25-27-29-31-33-35-37-39-40-38-36-34-32-30-28-26-24-22-20-18-16-14-12-10-8-6-4-2/h1H3,(H2,2,3,6,7,10,11,14,15,18,19,22,23,26,27,30,31,34,35,38,39).